The lowest BCUT2D eigenvalue weighted by atomic mass is 10.1. The molecule has 1 amide bonds. The fourth-order valence-corrected chi connectivity index (χ4v) is 1.99. The molecule has 1 aromatic carbocycles. The predicted molar refractivity (Wildman–Crippen MR) is 76.7 cm³/mol. The van der Waals surface area contributed by atoms with Crippen LogP contribution in [0.3, 0.4) is 0 Å². The molecule has 0 saturated heterocycles. The third-order valence-corrected chi connectivity index (χ3v) is 3.60. The maximum Gasteiger partial charge on any atom is 0.251 e. The highest BCUT2D eigenvalue weighted by molar-refractivity contribution is 7.92. The third kappa shape index (κ3) is 5.30. The molecule has 2 N–H and O–H groups in total. The number of hydrogen-bond donors (Lipinski definition) is 2. The van der Waals surface area contributed by atoms with E-state index in [2.05, 4.69) is 10.0 Å². The zero-order valence-electron chi connectivity index (χ0n) is 11.6. The molecule has 1 aromatic rings. The van der Waals surface area contributed by atoms with E-state index in [0.29, 0.717) is 11.3 Å². The van der Waals surface area contributed by atoms with Gasteiger partial charge in [0, 0.05) is 16.8 Å². The van der Waals surface area contributed by atoms with Gasteiger partial charge in [-0.2, -0.15) is 0 Å². The van der Waals surface area contributed by atoms with Crippen molar-refractivity contribution >= 4 is 21.6 Å². The Morgan fingerprint density at radius 1 is 1.16 bits per heavy atom. The SMILES string of the molecule is CCS(=O)(=O)Nc1ccc(C(=O)NC(C)(C)C)cc1. The summed E-state index contributed by atoms with van der Waals surface area (Å²) in [5, 5.41) is 2.84. The summed E-state index contributed by atoms with van der Waals surface area (Å²) in [4.78, 5) is 11.9. The highest BCUT2D eigenvalue weighted by Gasteiger charge is 2.15. The molecule has 0 fully saturated rings. The van der Waals surface area contributed by atoms with Gasteiger partial charge < -0.3 is 5.32 Å². The second kappa shape index (κ2) is 5.61. The Balaban J connectivity index is 2.80. The van der Waals surface area contributed by atoms with Crippen molar-refractivity contribution in [3.63, 3.8) is 0 Å². The minimum absolute atomic E-state index is 0.0132. The minimum atomic E-state index is -3.29. The lowest BCUT2D eigenvalue weighted by Gasteiger charge is -2.20. The molecule has 0 spiro atoms. The number of carbonyl (C=O) groups excluding carboxylic acids is 1. The molecule has 0 saturated carbocycles. The average Bonchev–Trinajstić information content (AvgIpc) is 2.27. The van der Waals surface area contributed by atoms with Crippen LogP contribution in [-0.2, 0) is 10.0 Å². The highest BCUT2D eigenvalue weighted by atomic mass is 32.2. The van der Waals surface area contributed by atoms with Crippen LogP contribution in [0.1, 0.15) is 38.1 Å². The summed E-state index contributed by atoms with van der Waals surface area (Å²) in [6.07, 6.45) is 0. The monoisotopic (exact) mass is 284 g/mol. The topological polar surface area (TPSA) is 75.3 Å². The quantitative estimate of drug-likeness (QED) is 0.887. The largest absolute Gasteiger partial charge is 0.347 e. The number of nitrogens with one attached hydrogen (secondary N) is 2. The van der Waals surface area contributed by atoms with E-state index in [0.717, 1.165) is 0 Å². The van der Waals surface area contributed by atoms with Crippen molar-refractivity contribution in [2.75, 3.05) is 10.5 Å². The molecule has 0 aromatic heterocycles. The van der Waals surface area contributed by atoms with E-state index in [1.165, 1.54) is 0 Å². The summed E-state index contributed by atoms with van der Waals surface area (Å²) < 4.78 is 25.2. The number of amides is 1. The molecule has 0 aliphatic heterocycles. The standard InChI is InChI=1S/C13H20N2O3S/c1-5-19(17,18)15-11-8-6-10(7-9-11)12(16)14-13(2,3)4/h6-9,15H,5H2,1-4H3,(H,14,16). The maximum absolute atomic E-state index is 11.9. The Bertz CT molecular complexity index is 542. The van der Waals surface area contributed by atoms with Crippen molar-refractivity contribution in [2.24, 2.45) is 0 Å². The number of rotatable bonds is 4. The first-order chi connectivity index (χ1) is 8.63. The Morgan fingerprint density at radius 3 is 2.11 bits per heavy atom. The van der Waals surface area contributed by atoms with E-state index in [9.17, 15) is 13.2 Å². The first kappa shape index (κ1) is 15.5. The van der Waals surface area contributed by atoms with Crippen LogP contribution in [-0.4, -0.2) is 25.6 Å². The second-order valence-corrected chi connectivity index (χ2v) is 7.30. The minimum Gasteiger partial charge on any atom is -0.347 e. The van der Waals surface area contributed by atoms with Gasteiger partial charge in [0.25, 0.3) is 5.91 Å². The van der Waals surface area contributed by atoms with Crippen molar-refractivity contribution < 1.29 is 13.2 Å². The van der Waals surface area contributed by atoms with E-state index in [-0.39, 0.29) is 17.2 Å². The normalized spacial score (nSPS) is 12.0. The summed E-state index contributed by atoms with van der Waals surface area (Å²) >= 11 is 0. The van der Waals surface area contributed by atoms with Gasteiger partial charge in [-0.3, -0.25) is 9.52 Å². The van der Waals surface area contributed by atoms with Gasteiger partial charge in [0.15, 0.2) is 0 Å². The van der Waals surface area contributed by atoms with E-state index >= 15 is 0 Å². The number of sulfonamides is 1. The molecule has 0 atom stereocenters. The molecule has 0 aliphatic carbocycles. The summed E-state index contributed by atoms with van der Waals surface area (Å²) in [5.74, 6) is -0.170. The van der Waals surface area contributed by atoms with Gasteiger partial charge >= 0.3 is 0 Å². The van der Waals surface area contributed by atoms with Crippen LogP contribution >= 0.6 is 0 Å². The van der Waals surface area contributed by atoms with Gasteiger partial charge in [-0.15, -0.1) is 0 Å². The van der Waals surface area contributed by atoms with Crippen molar-refractivity contribution in [1.29, 1.82) is 0 Å². The molecule has 5 nitrogen and oxygen atoms in total. The molecule has 1 rings (SSSR count). The van der Waals surface area contributed by atoms with Crippen molar-refractivity contribution in [1.82, 2.24) is 5.32 Å². The molecule has 0 bridgehead atoms. The van der Waals surface area contributed by atoms with Crippen LogP contribution in [0.2, 0.25) is 0 Å². The molecule has 19 heavy (non-hydrogen) atoms. The lowest BCUT2D eigenvalue weighted by Crippen LogP contribution is -2.40. The summed E-state index contributed by atoms with van der Waals surface area (Å²) in [6.45, 7) is 7.26. The molecule has 6 heteroatoms. The Labute approximate surface area is 114 Å². The van der Waals surface area contributed by atoms with E-state index in [1.807, 2.05) is 20.8 Å². The number of benzene rings is 1. The Morgan fingerprint density at radius 2 is 1.68 bits per heavy atom. The van der Waals surface area contributed by atoms with Crippen molar-refractivity contribution in [3.8, 4) is 0 Å². The van der Waals surface area contributed by atoms with E-state index in [4.69, 9.17) is 0 Å². The number of anilines is 1. The van der Waals surface area contributed by atoms with Gasteiger partial charge in [0.2, 0.25) is 10.0 Å². The summed E-state index contributed by atoms with van der Waals surface area (Å²) in [5.41, 5.74) is 0.642. The Hall–Kier alpha value is -1.56. The zero-order chi connectivity index (χ0) is 14.7. The van der Waals surface area contributed by atoms with Crippen LogP contribution in [0.4, 0.5) is 5.69 Å². The molecular weight excluding hydrogens is 264 g/mol. The van der Waals surface area contributed by atoms with Gasteiger partial charge in [-0.1, -0.05) is 0 Å². The smallest absolute Gasteiger partial charge is 0.251 e. The van der Waals surface area contributed by atoms with Crippen LogP contribution in [0.5, 0.6) is 0 Å². The molecular formula is C13H20N2O3S. The van der Waals surface area contributed by atoms with E-state index < -0.39 is 10.0 Å². The average molecular weight is 284 g/mol. The van der Waals surface area contributed by atoms with Crippen molar-refractivity contribution in [3.05, 3.63) is 29.8 Å². The third-order valence-electron chi connectivity index (χ3n) is 2.29. The Kier molecular flexibility index (Phi) is 4.57. The summed E-state index contributed by atoms with van der Waals surface area (Å²) in [7, 11) is -3.29. The lowest BCUT2D eigenvalue weighted by molar-refractivity contribution is 0.0919. The summed E-state index contributed by atoms with van der Waals surface area (Å²) in [6, 6.07) is 6.33. The van der Waals surface area contributed by atoms with Crippen LogP contribution in [0, 0.1) is 0 Å². The van der Waals surface area contributed by atoms with Gasteiger partial charge in [-0.05, 0) is 52.0 Å². The van der Waals surface area contributed by atoms with Gasteiger partial charge in [-0.25, -0.2) is 8.42 Å². The molecule has 0 heterocycles. The van der Waals surface area contributed by atoms with Crippen LogP contribution < -0.4 is 10.0 Å². The van der Waals surface area contributed by atoms with Gasteiger partial charge in [0.05, 0.1) is 5.75 Å². The number of carbonyl (C=O) groups is 1. The van der Waals surface area contributed by atoms with Crippen molar-refractivity contribution in [2.45, 2.75) is 33.2 Å². The zero-order valence-corrected chi connectivity index (χ0v) is 12.5. The second-order valence-electron chi connectivity index (χ2n) is 5.29. The van der Waals surface area contributed by atoms with E-state index in [1.54, 1.807) is 31.2 Å². The van der Waals surface area contributed by atoms with Crippen LogP contribution in [0.25, 0.3) is 0 Å². The molecule has 106 valence electrons. The van der Waals surface area contributed by atoms with Crippen LogP contribution in [0.15, 0.2) is 24.3 Å². The fraction of sp³-hybridized carbons (Fsp3) is 0.462. The van der Waals surface area contributed by atoms with Gasteiger partial charge in [0.1, 0.15) is 0 Å². The molecule has 0 radical (unpaired) electrons. The molecule has 0 unspecified atom stereocenters. The molecule has 0 aliphatic rings. The maximum atomic E-state index is 11.9. The predicted octanol–water partition coefficient (Wildman–Crippen LogP) is 1.98. The highest BCUT2D eigenvalue weighted by Crippen LogP contribution is 2.12. The first-order valence-electron chi connectivity index (χ1n) is 6.06. The first-order valence-corrected chi connectivity index (χ1v) is 7.71. The number of hydrogen-bond acceptors (Lipinski definition) is 3. The fourth-order valence-electron chi connectivity index (χ4n) is 1.35.